The summed E-state index contributed by atoms with van der Waals surface area (Å²) in [6.45, 7) is 15.2. The molecule has 3 saturated heterocycles. The zero-order valence-corrected chi connectivity index (χ0v) is 76.6. The van der Waals surface area contributed by atoms with Crippen molar-refractivity contribution in [3.63, 3.8) is 0 Å². The highest BCUT2D eigenvalue weighted by Gasteiger charge is 2.39. The number of aliphatic hydroxyl groups is 1. The van der Waals surface area contributed by atoms with Gasteiger partial charge in [0, 0.05) is 168 Å². The highest BCUT2D eigenvalue weighted by Crippen LogP contribution is 2.47. The molecule has 8 aliphatic rings. The normalized spacial score (nSPS) is 14.7. The number of nitrogens with zero attached hydrogens (tertiary/aromatic N) is 13. The number of nitrogens with two attached hydrogens (primary N) is 3. The van der Waals surface area contributed by atoms with Crippen LogP contribution in [0.25, 0.3) is 113 Å². The number of ether oxygens (including phenoxy) is 1. The maximum atomic E-state index is 13.2. The van der Waals surface area contributed by atoms with Gasteiger partial charge in [-0.05, 0) is 117 Å². The molecule has 3 fully saturated rings. The quantitative estimate of drug-likeness (QED) is 0.0698. The predicted molar refractivity (Wildman–Crippen MR) is 529 cm³/mol. The van der Waals surface area contributed by atoms with Crippen molar-refractivity contribution in [2.24, 2.45) is 5.73 Å². The van der Waals surface area contributed by atoms with Crippen molar-refractivity contribution in [2.75, 3.05) is 63.9 Å². The van der Waals surface area contributed by atoms with Gasteiger partial charge in [0.1, 0.15) is 29.0 Å². The zero-order chi connectivity index (χ0) is 94.8. The molecule has 0 atom stereocenters. The Kier molecular flexibility index (Phi) is 25.7. The van der Waals surface area contributed by atoms with Crippen LogP contribution in [0.4, 0.5) is 11.9 Å². The van der Waals surface area contributed by atoms with E-state index in [-0.39, 0.29) is 46.9 Å². The van der Waals surface area contributed by atoms with Crippen LogP contribution in [0.5, 0.6) is 0 Å². The number of hydrogen-bond acceptors (Lipinski definition) is 25. The van der Waals surface area contributed by atoms with E-state index in [4.69, 9.17) is 26.4 Å². The van der Waals surface area contributed by atoms with Crippen LogP contribution in [-0.2, 0) is 48.6 Å². The number of hydrogen-bond donors (Lipinski definition) is 4. The van der Waals surface area contributed by atoms with E-state index in [2.05, 4.69) is 88.8 Å². The summed E-state index contributed by atoms with van der Waals surface area (Å²) in [5.74, 6) is 3.53. The maximum absolute atomic E-state index is 13.2. The second kappa shape index (κ2) is 39.3. The summed E-state index contributed by atoms with van der Waals surface area (Å²) in [5.41, 5.74) is 45.2. The molecule has 25 nitrogen and oxygen atoms in total. The number of morpholine rings is 1. The van der Waals surface area contributed by atoms with Gasteiger partial charge >= 0.3 is 0 Å². The summed E-state index contributed by atoms with van der Waals surface area (Å²) in [6.07, 6.45) is 7.12. The van der Waals surface area contributed by atoms with Gasteiger partial charge < -0.3 is 31.5 Å². The molecule has 0 spiro atoms. The number of carbonyl (C=O) groups is 6. The van der Waals surface area contributed by atoms with E-state index in [0.29, 0.717) is 133 Å². The van der Waals surface area contributed by atoms with Gasteiger partial charge in [-0.15, -0.1) is 0 Å². The SMILES string of the molecule is Cc1nc(-c2ccccc2)c2c(n1)-c1cc(CN)ccc1C2=O.Cc1nc(-c2ccccc2)c2c(n1)-c1cc(CN3CCC(O)CC3)ccc1C2=O.Cc1nc(-c2ccccc2)c2c(n1)-c1cc(CN3CCOCC3)ccc1C2=O.Nc1nc(-c2ccccc2)c2c(n1)-c1cc(CCCc3ccco3)ccc1C2=O.Nc1nc(-c2ccccc2)c2c(n1)-c1cc(CN3CCC(=O)CC3)ccc1C2=O. The molecular formula is C113H98N16O9. The Morgan fingerprint density at radius 3 is 0.949 bits per heavy atom. The second-order valence-corrected chi connectivity index (χ2v) is 35.6. The molecule has 3 aliphatic heterocycles. The Balaban J connectivity index is 0.000000107. The van der Waals surface area contributed by atoms with Gasteiger partial charge in [0.2, 0.25) is 11.9 Å². The number of fused-ring (bicyclic) bond motifs is 15. The highest BCUT2D eigenvalue weighted by molar-refractivity contribution is 6.27. The lowest BCUT2D eigenvalue weighted by Crippen LogP contribution is -2.35. The van der Waals surface area contributed by atoms with Crippen molar-refractivity contribution in [3.8, 4) is 113 Å². The number of nitrogen functional groups attached to an aromatic ring is 2. The summed E-state index contributed by atoms with van der Waals surface area (Å²) in [4.78, 5) is 129. The van der Waals surface area contributed by atoms with Crippen LogP contribution >= 0.6 is 0 Å². The van der Waals surface area contributed by atoms with Crippen molar-refractivity contribution < 1.29 is 43.0 Å². The minimum atomic E-state index is -0.174. The van der Waals surface area contributed by atoms with Crippen molar-refractivity contribution in [1.29, 1.82) is 0 Å². The number of rotatable bonds is 16. The standard InChI is InChI=1S/C24H23N3O2.C24H19N3O2.C23H20N4O2.C23H21N3O2.C19H15N3O/c1-15-25-22(17-5-3-2-4-6-17)21-23(26-15)20-13-16(7-8-19(20)24(21)29)14-27-11-9-18(28)10-12-27;25-24-26-21(16-7-2-1-3-8-16)20-22(27-24)19-14-15(11-12-18(19)23(20)28)6-4-9-17-10-5-13-29-17;24-23-25-20(15-4-2-1-3-5-15)19-21(26-23)18-12-14(6-7-17(18)22(19)29)13-27-10-8-16(28)9-11-27;1-15-24-21(17-5-3-2-4-6-17)20-22(25-15)19-13-16(7-8-18(19)23(20)27)14-26-9-11-28-12-10-26;1-11-21-17(13-5-3-2-4-6-13)16-18(22-11)15-9-12(10-20)7-8-14(15)19(16)23/h2-8,13,18,28H,9-12,14H2,1H3;1-3,5,7-8,10-14H,4,6,9H2,(H2,25,26,27);1-7,12H,8-11,13H2,(H2,24,25,26);2-8,13H,9-12,14H2,1H3;2-9H,10,20H2,1H3. The number of furan rings is 1. The fraction of sp³-hybridized carbons (Fsp3) is 0.204. The smallest absolute Gasteiger partial charge is 0.221 e. The number of aryl methyl sites for hydroxylation is 5. The number of piperidine rings is 2. The van der Waals surface area contributed by atoms with Crippen LogP contribution in [0.15, 0.2) is 265 Å². The number of ketones is 6. The Bertz CT molecular complexity index is 7450. The molecule has 9 heterocycles. The Hall–Kier alpha value is -15.7. The van der Waals surface area contributed by atoms with Crippen molar-refractivity contribution in [3.05, 3.63) is 368 Å². The Labute approximate surface area is 797 Å². The Morgan fingerprint density at radius 2 is 0.609 bits per heavy atom. The van der Waals surface area contributed by atoms with Crippen LogP contribution in [-0.4, -0.2) is 163 Å². The van der Waals surface area contributed by atoms with E-state index < -0.39 is 0 Å². The van der Waals surface area contributed by atoms with Gasteiger partial charge in [0.25, 0.3) is 0 Å². The number of anilines is 2. The first kappa shape index (κ1) is 90.1. The van der Waals surface area contributed by atoms with E-state index >= 15 is 0 Å². The lowest BCUT2D eigenvalue weighted by molar-refractivity contribution is -0.121. The van der Waals surface area contributed by atoms with Gasteiger partial charge in [-0.3, -0.25) is 43.5 Å². The summed E-state index contributed by atoms with van der Waals surface area (Å²) in [5, 5.41) is 9.73. The first-order valence-corrected chi connectivity index (χ1v) is 46.6. The topological polar surface area (TPSA) is 362 Å². The number of aliphatic hydroxyl groups excluding tert-OH is 1. The molecule has 684 valence electrons. The van der Waals surface area contributed by atoms with Crippen LogP contribution < -0.4 is 17.2 Å². The summed E-state index contributed by atoms with van der Waals surface area (Å²) < 4.78 is 10.8. The number of Topliss-reactive ketones (excluding diaryl/α,β-unsaturated/α-hetero) is 1. The van der Waals surface area contributed by atoms with Gasteiger partial charge in [-0.25, -0.2) is 49.8 Å². The van der Waals surface area contributed by atoms with Gasteiger partial charge in [-0.2, -0.15) is 0 Å². The van der Waals surface area contributed by atoms with E-state index in [1.54, 1.807) is 6.26 Å². The van der Waals surface area contributed by atoms with Crippen LogP contribution in [0.2, 0.25) is 0 Å². The molecule has 0 radical (unpaired) electrons. The minimum Gasteiger partial charge on any atom is -0.469 e. The number of likely N-dealkylation sites (tertiary alicyclic amines) is 2. The molecule has 138 heavy (non-hydrogen) atoms. The molecular weight excluding hydrogens is 1730 g/mol. The molecule has 0 amide bonds. The van der Waals surface area contributed by atoms with Crippen LogP contribution in [0.3, 0.4) is 0 Å². The van der Waals surface area contributed by atoms with E-state index in [9.17, 15) is 33.9 Å². The average molecular weight is 1820 g/mol. The van der Waals surface area contributed by atoms with Gasteiger partial charge in [0.15, 0.2) is 28.9 Å². The van der Waals surface area contributed by atoms with E-state index in [0.717, 1.165) is 205 Å². The fourth-order valence-corrected chi connectivity index (χ4v) is 19.4. The molecule has 24 rings (SSSR count). The third kappa shape index (κ3) is 18.5. The van der Waals surface area contributed by atoms with Crippen molar-refractivity contribution in [1.82, 2.24) is 64.5 Å². The molecule has 16 aromatic rings. The highest BCUT2D eigenvalue weighted by atomic mass is 16.5. The number of benzene rings is 10. The molecule has 6 aromatic heterocycles. The first-order valence-electron chi connectivity index (χ1n) is 46.6. The lowest BCUT2D eigenvalue weighted by Gasteiger charge is -2.29. The second-order valence-electron chi connectivity index (χ2n) is 35.6. The molecule has 25 heteroatoms. The van der Waals surface area contributed by atoms with Crippen LogP contribution in [0.1, 0.15) is 163 Å². The largest absolute Gasteiger partial charge is 0.469 e. The zero-order valence-electron chi connectivity index (χ0n) is 76.6. The summed E-state index contributed by atoms with van der Waals surface area (Å²) >= 11 is 0. The van der Waals surface area contributed by atoms with E-state index in [1.807, 2.05) is 251 Å². The van der Waals surface area contributed by atoms with Crippen molar-refractivity contribution in [2.45, 2.75) is 98.0 Å². The molecule has 0 saturated carbocycles. The molecule has 0 unspecified atom stereocenters. The van der Waals surface area contributed by atoms with Gasteiger partial charge in [-0.1, -0.05) is 212 Å². The maximum Gasteiger partial charge on any atom is 0.221 e. The third-order valence-electron chi connectivity index (χ3n) is 26.2. The average Bonchev–Trinajstić information content (AvgIpc) is 1.61. The van der Waals surface area contributed by atoms with E-state index in [1.165, 1.54) is 11.1 Å². The van der Waals surface area contributed by atoms with Crippen molar-refractivity contribution >= 4 is 46.6 Å². The summed E-state index contributed by atoms with van der Waals surface area (Å²) in [6, 6.07) is 82.3. The Morgan fingerprint density at radius 1 is 0.319 bits per heavy atom. The minimum absolute atomic E-state index is 0.00139. The predicted octanol–water partition coefficient (Wildman–Crippen LogP) is 18.0. The molecule has 10 aromatic carbocycles. The summed E-state index contributed by atoms with van der Waals surface area (Å²) in [7, 11) is 0. The first-order chi connectivity index (χ1) is 67.3. The molecule has 0 bridgehead atoms. The van der Waals surface area contributed by atoms with Gasteiger partial charge in [0.05, 0.1) is 110 Å². The van der Waals surface area contributed by atoms with Crippen LogP contribution in [0, 0.1) is 20.8 Å². The monoisotopic (exact) mass is 1820 g/mol. The third-order valence-corrected chi connectivity index (χ3v) is 26.2. The fourth-order valence-electron chi connectivity index (χ4n) is 19.4. The molecule has 7 N–H and O–H groups in total. The molecule has 5 aliphatic carbocycles. The lowest BCUT2D eigenvalue weighted by atomic mass is 10.0. The number of aromatic nitrogens is 10. The number of carbonyl (C=O) groups excluding carboxylic acids is 6.